The van der Waals surface area contributed by atoms with Gasteiger partial charge in [0.25, 0.3) is 0 Å². The van der Waals surface area contributed by atoms with Gasteiger partial charge in [0.2, 0.25) is 0 Å². The summed E-state index contributed by atoms with van der Waals surface area (Å²) in [6, 6.07) is 0. The Morgan fingerprint density at radius 3 is 2.53 bits per heavy atom. The molecule has 0 N–H and O–H groups in total. The summed E-state index contributed by atoms with van der Waals surface area (Å²) in [5, 5.41) is 0. The Hall–Kier alpha value is -0.367. The van der Waals surface area contributed by atoms with Crippen molar-refractivity contribution in [2.24, 2.45) is 0 Å². The maximum atomic E-state index is 12.6. The minimum atomic E-state index is -4.16. The van der Waals surface area contributed by atoms with Crippen molar-refractivity contribution in [3.8, 4) is 0 Å². The summed E-state index contributed by atoms with van der Waals surface area (Å²) in [6.45, 7) is 0. The number of hydrogen-bond donors (Lipinski definition) is 0. The van der Waals surface area contributed by atoms with Gasteiger partial charge in [0.05, 0.1) is 0 Å². The first-order valence-corrected chi connectivity index (χ1v) is 7.13. The van der Waals surface area contributed by atoms with Crippen molar-refractivity contribution < 1.29 is 36.4 Å². The van der Waals surface area contributed by atoms with Crippen LogP contribution in [0.1, 0.15) is 12.8 Å². The second-order valence-electron chi connectivity index (χ2n) is 3.45. The molecule has 2 aliphatic rings. The summed E-state index contributed by atoms with van der Waals surface area (Å²) in [6.07, 6.45) is 6.00. The maximum absolute atomic E-state index is 12.6. The van der Waals surface area contributed by atoms with Gasteiger partial charge in [-0.1, -0.05) is 0 Å². The first-order valence-electron chi connectivity index (χ1n) is 4.67. The third kappa shape index (κ3) is 2.60. The number of hydrogen-bond acceptors (Lipinski definition) is 0. The van der Waals surface area contributed by atoms with Crippen LogP contribution in [0.2, 0.25) is 0 Å². The van der Waals surface area contributed by atoms with E-state index in [9.17, 15) is 13.2 Å². The quantitative estimate of drug-likeness (QED) is 0.727. The molecule has 2 aliphatic carbocycles. The van der Waals surface area contributed by atoms with E-state index in [0.717, 1.165) is 6.42 Å². The van der Waals surface area contributed by atoms with Crippen LogP contribution in [-0.4, -0.2) is 6.18 Å². The molecule has 15 heavy (non-hydrogen) atoms. The van der Waals surface area contributed by atoms with Crippen molar-refractivity contribution in [1.82, 2.24) is 0 Å². The van der Waals surface area contributed by atoms with E-state index in [0.29, 0.717) is 9.70 Å². The SMILES string of the molecule is FC(F)(F)C1=[C]([Zr][C]2=CC=CC2)CC=C1. The fourth-order valence-electron chi connectivity index (χ4n) is 1.62. The van der Waals surface area contributed by atoms with E-state index in [4.69, 9.17) is 0 Å². The summed E-state index contributed by atoms with van der Waals surface area (Å²) in [5.41, 5.74) is -0.373. The molecule has 0 atom stereocenters. The molecule has 0 amide bonds. The molecule has 0 radical (unpaired) electrons. The summed E-state index contributed by atoms with van der Waals surface area (Å²) in [7, 11) is 0. The molecule has 0 fully saturated rings. The van der Waals surface area contributed by atoms with Crippen molar-refractivity contribution in [3.63, 3.8) is 0 Å². The van der Waals surface area contributed by atoms with Gasteiger partial charge in [0.15, 0.2) is 0 Å². The molecule has 0 aromatic carbocycles. The molecule has 0 saturated heterocycles. The van der Waals surface area contributed by atoms with Gasteiger partial charge < -0.3 is 0 Å². The Morgan fingerprint density at radius 1 is 1.13 bits per heavy atom. The van der Waals surface area contributed by atoms with Crippen LogP contribution >= 0.6 is 0 Å². The van der Waals surface area contributed by atoms with Crippen LogP contribution in [0.15, 0.2) is 42.5 Å². The van der Waals surface area contributed by atoms with Gasteiger partial charge in [0.1, 0.15) is 0 Å². The Morgan fingerprint density at radius 2 is 1.93 bits per heavy atom. The summed E-state index contributed by atoms with van der Waals surface area (Å²) in [5.74, 6) is 0. The topological polar surface area (TPSA) is 0 Å². The number of halogens is 3. The van der Waals surface area contributed by atoms with Gasteiger partial charge in [-0.15, -0.1) is 0 Å². The molecule has 0 heterocycles. The summed E-state index contributed by atoms with van der Waals surface area (Å²) >= 11 is -1.16. The third-order valence-electron chi connectivity index (χ3n) is 2.32. The van der Waals surface area contributed by atoms with Gasteiger partial charge in [-0.3, -0.25) is 0 Å². The molecule has 0 nitrogen and oxygen atoms in total. The van der Waals surface area contributed by atoms with E-state index in [-0.39, 0.29) is 5.57 Å². The van der Waals surface area contributed by atoms with E-state index in [1.165, 1.54) is 9.36 Å². The second kappa shape index (κ2) is 4.25. The Balaban J connectivity index is 2.14. The Labute approximate surface area is 97.8 Å². The van der Waals surface area contributed by atoms with E-state index < -0.39 is 29.4 Å². The monoisotopic (exact) mass is 288 g/mol. The van der Waals surface area contributed by atoms with Gasteiger partial charge in [-0.2, -0.15) is 0 Å². The molecule has 78 valence electrons. The average Bonchev–Trinajstić information content (AvgIpc) is 2.73. The van der Waals surface area contributed by atoms with Crippen molar-refractivity contribution in [2.45, 2.75) is 19.0 Å². The first kappa shape index (κ1) is 11.1. The summed E-state index contributed by atoms with van der Waals surface area (Å²) < 4.78 is 39.6. The van der Waals surface area contributed by atoms with Crippen LogP contribution < -0.4 is 0 Å². The van der Waals surface area contributed by atoms with Crippen molar-refractivity contribution in [2.75, 3.05) is 0 Å². The van der Waals surface area contributed by atoms with Crippen molar-refractivity contribution in [3.05, 3.63) is 42.5 Å². The normalized spacial score (nSPS) is 20.1. The molecule has 4 heteroatoms. The molecule has 0 spiro atoms. The Kier molecular flexibility index (Phi) is 3.15. The van der Waals surface area contributed by atoms with E-state index in [1.807, 2.05) is 18.2 Å². The van der Waals surface area contributed by atoms with Gasteiger partial charge >= 0.3 is 97.9 Å². The molecule has 0 bridgehead atoms. The summed E-state index contributed by atoms with van der Waals surface area (Å²) in [4.78, 5) is 0. The minimum absolute atomic E-state index is 0.373. The number of allylic oxidation sites excluding steroid dienone is 8. The molecular formula is C11H9F3Zr. The van der Waals surface area contributed by atoms with Crippen LogP contribution in [0.5, 0.6) is 0 Å². The number of rotatable bonds is 2. The van der Waals surface area contributed by atoms with Gasteiger partial charge in [0, 0.05) is 0 Å². The van der Waals surface area contributed by atoms with Crippen molar-refractivity contribution >= 4 is 0 Å². The predicted octanol–water partition coefficient (Wildman–Crippen LogP) is 3.69. The average molecular weight is 289 g/mol. The van der Waals surface area contributed by atoms with E-state index in [2.05, 4.69) is 0 Å². The van der Waals surface area contributed by atoms with Crippen LogP contribution in [0.25, 0.3) is 0 Å². The molecular weight excluding hydrogens is 280 g/mol. The molecule has 0 aliphatic heterocycles. The van der Waals surface area contributed by atoms with Crippen LogP contribution in [-0.2, 0) is 23.2 Å². The number of alkyl halides is 3. The van der Waals surface area contributed by atoms with Crippen LogP contribution in [0, 0.1) is 0 Å². The standard InChI is InChI=1S/C6H4F3.C5H5.Zr/c7-6(8,9)5-3-1-2-4-5;1-2-4-5-3-1;/h1,3H,2H2;1-3H,4H2;. The zero-order valence-corrected chi connectivity index (χ0v) is 10.4. The molecule has 0 saturated carbocycles. The molecule has 2 rings (SSSR count). The molecule has 0 unspecified atom stereocenters. The van der Waals surface area contributed by atoms with Gasteiger partial charge in [-0.25, -0.2) is 0 Å². The predicted molar refractivity (Wildman–Crippen MR) is 48.7 cm³/mol. The first-order chi connectivity index (χ1) is 7.07. The van der Waals surface area contributed by atoms with E-state index in [1.54, 1.807) is 6.08 Å². The second-order valence-corrected chi connectivity index (χ2v) is 7.12. The van der Waals surface area contributed by atoms with Crippen LogP contribution in [0.4, 0.5) is 13.2 Å². The molecule has 0 aromatic heterocycles. The van der Waals surface area contributed by atoms with Crippen LogP contribution in [0.3, 0.4) is 0 Å². The fourth-order valence-corrected chi connectivity index (χ4v) is 4.98. The van der Waals surface area contributed by atoms with E-state index >= 15 is 0 Å². The zero-order chi connectivity index (χ0) is 10.9. The third-order valence-corrected chi connectivity index (χ3v) is 5.93. The Bertz CT molecular complexity index is 383. The van der Waals surface area contributed by atoms with Gasteiger partial charge in [-0.05, 0) is 0 Å². The molecule has 0 aromatic rings. The fraction of sp³-hybridized carbons (Fsp3) is 0.273. The zero-order valence-electron chi connectivity index (χ0n) is 7.93. The van der Waals surface area contributed by atoms with Crippen molar-refractivity contribution in [1.29, 1.82) is 0 Å².